The number of hydrogen-bond donors (Lipinski definition) is 2. The maximum absolute atomic E-state index is 11.6. The molecule has 2 rings (SSSR count). The van der Waals surface area contributed by atoms with Gasteiger partial charge in [-0.1, -0.05) is 6.07 Å². The number of amides is 2. The van der Waals surface area contributed by atoms with Crippen molar-refractivity contribution in [2.24, 2.45) is 0 Å². The fourth-order valence-corrected chi connectivity index (χ4v) is 1.63. The molecule has 16 heavy (non-hydrogen) atoms. The summed E-state index contributed by atoms with van der Waals surface area (Å²) in [7, 11) is 0. The summed E-state index contributed by atoms with van der Waals surface area (Å²) in [5, 5.41) is 5.53. The van der Waals surface area contributed by atoms with Gasteiger partial charge in [-0.15, -0.1) is 0 Å². The molecule has 0 unspecified atom stereocenters. The average molecular weight is 219 g/mol. The van der Waals surface area contributed by atoms with Gasteiger partial charge in [0.15, 0.2) is 0 Å². The molecule has 0 radical (unpaired) electrons. The Hall–Kier alpha value is -1.91. The summed E-state index contributed by atoms with van der Waals surface area (Å²) in [5.74, 6) is -0.154. The smallest absolute Gasteiger partial charge is 0.269 e. The van der Waals surface area contributed by atoms with Crippen LogP contribution in [0.3, 0.4) is 0 Å². The van der Waals surface area contributed by atoms with Crippen molar-refractivity contribution < 1.29 is 9.59 Å². The maximum atomic E-state index is 11.6. The highest BCUT2D eigenvalue weighted by atomic mass is 16.2. The van der Waals surface area contributed by atoms with Crippen LogP contribution in [-0.4, -0.2) is 29.4 Å². The lowest BCUT2D eigenvalue weighted by Gasteiger charge is -2.10. The van der Waals surface area contributed by atoms with Gasteiger partial charge in [-0.05, 0) is 18.6 Å². The Morgan fingerprint density at radius 3 is 3.06 bits per heavy atom. The normalized spacial score (nSPS) is 19.2. The lowest BCUT2D eigenvalue weighted by atomic mass is 10.2. The Morgan fingerprint density at radius 1 is 1.56 bits per heavy atom. The van der Waals surface area contributed by atoms with E-state index in [0.29, 0.717) is 18.7 Å². The van der Waals surface area contributed by atoms with E-state index >= 15 is 0 Å². The fourth-order valence-electron chi connectivity index (χ4n) is 1.63. The van der Waals surface area contributed by atoms with Crippen LogP contribution in [0.25, 0.3) is 0 Å². The molecule has 0 bridgehead atoms. The average Bonchev–Trinajstić information content (AvgIpc) is 2.73. The van der Waals surface area contributed by atoms with Gasteiger partial charge >= 0.3 is 0 Å². The van der Waals surface area contributed by atoms with Crippen molar-refractivity contribution in [3.05, 3.63) is 30.1 Å². The van der Waals surface area contributed by atoms with Crippen molar-refractivity contribution in [3.63, 3.8) is 0 Å². The molecule has 2 N–H and O–H groups in total. The lowest BCUT2D eigenvalue weighted by molar-refractivity contribution is -0.119. The third kappa shape index (κ3) is 2.56. The van der Waals surface area contributed by atoms with Gasteiger partial charge in [0.1, 0.15) is 5.69 Å². The molecule has 1 aromatic heterocycles. The molecular formula is C11H13N3O2. The molecule has 1 saturated heterocycles. The Balaban J connectivity index is 1.82. The zero-order valence-electron chi connectivity index (χ0n) is 8.77. The monoisotopic (exact) mass is 219 g/mol. The van der Waals surface area contributed by atoms with E-state index in [-0.39, 0.29) is 17.9 Å². The molecule has 2 heterocycles. The first-order chi connectivity index (χ1) is 7.75. The molecule has 5 heteroatoms. The van der Waals surface area contributed by atoms with Crippen LogP contribution in [0.4, 0.5) is 0 Å². The molecular weight excluding hydrogens is 206 g/mol. The SMILES string of the molecule is O=C1CC[C@@H](CNC(=O)c2ccccn2)N1. The number of rotatable bonds is 3. The summed E-state index contributed by atoms with van der Waals surface area (Å²) in [5.41, 5.74) is 0.395. The molecule has 1 aliphatic heterocycles. The number of carbonyl (C=O) groups is 2. The summed E-state index contributed by atoms with van der Waals surface area (Å²) in [6.07, 6.45) is 2.90. The van der Waals surface area contributed by atoms with Crippen LogP contribution in [-0.2, 0) is 4.79 Å². The topological polar surface area (TPSA) is 71.1 Å². The fraction of sp³-hybridized carbons (Fsp3) is 0.364. The van der Waals surface area contributed by atoms with Crippen LogP contribution < -0.4 is 10.6 Å². The van der Waals surface area contributed by atoms with Crippen molar-refractivity contribution in [1.29, 1.82) is 0 Å². The first-order valence-corrected chi connectivity index (χ1v) is 5.24. The van der Waals surface area contributed by atoms with E-state index in [9.17, 15) is 9.59 Å². The second kappa shape index (κ2) is 4.74. The van der Waals surface area contributed by atoms with Crippen LogP contribution in [0.1, 0.15) is 23.3 Å². The van der Waals surface area contributed by atoms with Gasteiger partial charge in [0.2, 0.25) is 5.91 Å². The molecule has 0 spiro atoms. The van der Waals surface area contributed by atoms with E-state index in [4.69, 9.17) is 0 Å². The molecule has 1 aromatic rings. The van der Waals surface area contributed by atoms with Gasteiger partial charge in [0.05, 0.1) is 0 Å². The standard InChI is InChI=1S/C11H13N3O2/c15-10-5-4-8(14-10)7-13-11(16)9-3-1-2-6-12-9/h1-3,6,8H,4-5,7H2,(H,13,16)(H,14,15)/t8-/m0/s1. The number of nitrogens with zero attached hydrogens (tertiary/aromatic N) is 1. The predicted molar refractivity (Wildman–Crippen MR) is 57.7 cm³/mol. The van der Waals surface area contributed by atoms with Crippen molar-refractivity contribution in [2.75, 3.05) is 6.54 Å². The molecule has 2 amide bonds. The molecule has 1 aliphatic rings. The molecule has 1 atom stereocenters. The van der Waals surface area contributed by atoms with Gasteiger partial charge in [0.25, 0.3) is 5.91 Å². The van der Waals surface area contributed by atoms with Gasteiger partial charge < -0.3 is 10.6 Å². The summed E-state index contributed by atoms with van der Waals surface area (Å²) >= 11 is 0. The molecule has 0 aliphatic carbocycles. The van der Waals surface area contributed by atoms with Crippen molar-refractivity contribution >= 4 is 11.8 Å². The Bertz CT molecular complexity index is 391. The predicted octanol–water partition coefficient (Wildman–Crippen LogP) is 0.0900. The maximum Gasteiger partial charge on any atom is 0.269 e. The van der Waals surface area contributed by atoms with E-state index in [0.717, 1.165) is 6.42 Å². The lowest BCUT2D eigenvalue weighted by Crippen LogP contribution is -2.38. The third-order valence-electron chi connectivity index (χ3n) is 2.49. The highest BCUT2D eigenvalue weighted by Crippen LogP contribution is 2.05. The number of hydrogen-bond acceptors (Lipinski definition) is 3. The molecule has 1 fully saturated rings. The minimum absolute atomic E-state index is 0.0529. The molecule has 0 aromatic carbocycles. The van der Waals surface area contributed by atoms with Crippen LogP contribution in [0.15, 0.2) is 24.4 Å². The minimum atomic E-state index is -0.207. The zero-order valence-corrected chi connectivity index (χ0v) is 8.77. The summed E-state index contributed by atoms with van der Waals surface area (Å²) in [4.78, 5) is 26.5. The second-order valence-electron chi connectivity index (χ2n) is 3.73. The van der Waals surface area contributed by atoms with E-state index in [1.807, 2.05) is 0 Å². The highest BCUT2D eigenvalue weighted by molar-refractivity contribution is 5.92. The Labute approximate surface area is 93.3 Å². The highest BCUT2D eigenvalue weighted by Gasteiger charge is 2.21. The first-order valence-electron chi connectivity index (χ1n) is 5.24. The summed E-state index contributed by atoms with van der Waals surface area (Å²) in [6.45, 7) is 0.459. The van der Waals surface area contributed by atoms with Crippen molar-refractivity contribution in [2.45, 2.75) is 18.9 Å². The number of nitrogens with one attached hydrogen (secondary N) is 2. The second-order valence-corrected chi connectivity index (χ2v) is 3.73. The quantitative estimate of drug-likeness (QED) is 0.756. The minimum Gasteiger partial charge on any atom is -0.352 e. The van der Waals surface area contributed by atoms with Crippen LogP contribution in [0, 0.1) is 0 Å². The van der Waals surface area contributed by atoms with Gasteiger partial charge in [-0.2, -0.15) is 0 Å². The number of aromatic nitrogens is 1. The van der Waals surface area contributed by atoms with Crippen LogP contribution >= 0.6 is 0 Å². The van der Waals surface area contributed by atoms with Gasteiger partial charge in [-0.25, -0.2) is 0 Å². The summed E-state index contributed by atoms with van der Waals surface area (Å²) in [6, 6.07) is 5.23. The van der Waals surface area contributed by atoms with E-state index in [2.05, 4.69) is 15.6 Å². The van der Waals surface area contributed by atoms with Crippen molar-refractivity contribution in [1.82, 2.24) is 15.6 Å². The first kappa shape index (κ1) is 10.6. The number of carbonyl (C=O) groups excluding carboxylic acids is 2. The largest absolute Gasteiger partial charge is 0.352 e. The van der Waals surface area contributed by atoms with Gasteiger partial charge in [-0.3, -0.25) is 14.6 Å². The van der Waals surface area contributed by atoms with Crippen molar-refractivity contribution in [3.8, 4) is 0 Å². The molecule has 0 saturated carbocycles. The third-order valence-corrected chi connectivity index (χ3v) is 2.49. The molecule has 84 valence electrons. The summed E-state index contributed by atoms with van der Waals surface area (Å²) < 4.78 is 0. The van der Waals surface area contributed by atoms with Crippen LogP contribution in [0.2, 0.25) is 0 Å². The Morgan fingerprint density at radius 2 is 2.44 bits per heavy atom. The van der Waals surface area contributed by atoms with E-state index in [1.165, 1.54) is 0 Å². The molecule has 5 nitrogen and oxygen atoms in total. The van der Waals surface area contributed by atoms with Gasteiger partial charge in [0, 0.05) is 25.2 Å². The zero-order chi connectivity index (χ0) is 11.4. The van der Waals surface area contributed by atoms with E-state index in [1.54, 1.807) is 24.4 Å². The number of pyridine rings is 1. The van der Waals surface area contributed by atoms with Crippen LogP contribution in [0.5, 0.6) is 0 Å². The Kier molecular flexibility index (Phi) is 3.14. The van der Waals surface area contributed by atoms with E-state index < -0.39 is 0 Å².